The summed E-state index contributed by atoms with van der Waals surface area (Å²) >= 11 is 0. The second-order valence-corrected chi connectivity index (χ2v) is 8.12. The average Bonchev–Trinajstić information content (AvgIpc) is 3.11. The number of piperidine rings is 1. The highest BCUT2D eigenvalue weighted by Gasteiger charge is 2.41. The Morgan fingerprint density at radius 2 is 1.87 bits per heavy atom. The minimum Gasteiger partial charge on any atom is -0.462 e. The summed E-state index contributed by atoms with van der Waals surface area (Å²) in [7, 11) is 0. The van der Waals surface area contributed by atoms with Crippen molar-refractivity contribution in [2.75, 3.05) is 32.7 Å². The maximum atomic E-state index is 9.12. The van der Waals surface area contributed by atoms with Crippen LogP contribution in [0.1, 0.15) is 50.0 Å². The molecule has 3 aliphatic rings. The number of hydrogen-bond acceptors (Lipinski definition) is 4. The SMILES string of the molecule is OCc1ccc(CN2CCC3(CCCN(CC4CCC4)C3)C2)o1. The van der Waals surface area contributed by atoms with Gasteiger partial charge in [-0.3, -0.25) is 4.90 Å². The van der Waals surface area contributed by atoms with Crippen LogP contribution in [0.2, 0.25) is 0 Å². The Balaban J connectivity index is 1.32. The van der Waals surface area contributed by atoms with E-state index in [0.717, 1.165) is 18.2 Å². The van der Waals surface area contributed by atoms with E-state index in [2.05, 4.69) is 9.80 Å². The topological polar surface area (TPSA) is 39.9 Å². The highest BCUT2D eigenvalue weighted by atomic mass is 16.4. The zero-order valence-corrected chi connectivity index (χ0v) is 14.2. The van der Waals surface area contributed by atoms with Crippen molar-refractivity contribution in [2.45, 2.75) is 51.7 Å². The first-order chi connectivity index (χ1) is 11.2. The molecule has 3 heterocycles. The van der Waals surface area contributed by atoms with Crippen molar-refractivity contribution in [3.8, 4) is 0 Å². The molecule has 1 unspecified atom stereocenters. The van der Waals surface area contributed by atoms with E-state index in [-0.39, 0.29) is 6.61 Å². The van der Waals surface area contributed by atoms with E-state index in [1.54, 1.807) is 0 Å². The third-order valence-corrected chi connectivity index (χ3v) is 6.25. The fraction of sp³-hybridized carbons (Fsp3) is 0.789. The van der Waals surface area contributed by atoms with E-state index in [1.807, 2.05) is 12.1 Å². The van der Waals surface area contributed by atoms with Crippen LogP contribution in [-0.4, -0.2) is 47.6 Å². The summed E-state index contributed by atoms with van der Waals surface area (Å²) in [5.41, 5.74) is 0.522. The van der Waals surface area contributed by atoms with Crippen LogP contribution in [0, 0.1) is 11.3 Å². The van der Waals surface area contributed by atoms with Gasteiger partial charge in [-0.1, -0.05) is 6.42 Å². The summed E-state index contributed by atoms with van der Waals surface area (Å²) < 4.78 is 5.66. The maximum Gasteiger partial charge on any atom is 0.129 e. The molecule has 1 spiro atoms. The van der Waals surface area contributed by atoms with Crippen molar-refractivity contribution in [1.82, 2.24) is 9.80 Å². The van der Waals surface area contributed by atoms with Crippen molar-refractivity contribution in [3.63, 3.8) is 0 Å². The first kappa shape index (κ1) is 15.7. The molecule has 1 aromatic heterocycles. The molecule has 4 nitrogen and oxygen atoms in total. The number of rotatable bonds is 5. The molecule has 1 N–H and O–H groups in total. The first-order valence-corrected chi connectivity index (χ1v) is 9.38. The summed E-state index contributed by atoms with van der Waals surface area (Å²) in [5, 5.41) is 9.12. The highest BCUT2D eigenvalue weighted by molar-refractivity contribution is 5.07. The Hall–Kier alpha value is -0.840. The van der Waals surface area contributed by atoms with Crippen LogP contribution in [0.3, 0.4) is 0 Å². The molecule has 0 radical (unpaired) electrons. The van der Waals surface area contributed by atoms with Gasteiger partial charge in [0.15, 0.2) is 0 Å². The normalized spacial score (nSPS) is 30.1. The van der Waals surface area contributed by atoms with Gasteiger partial charge in [0, 0.05) is 19.6 Å². The number of aliphatic hydroxyl groups is 1. The highest BCUT2D eigenvalue weighted by Crippen LogP contribution is 2.40. The maximum absolute atomic E-state index is 9.12. The Labute approximate surface area is 139 Å². The van der Waals surface area contributed by atoms with Gasteiger partial charge >= 0.3 is 0 Å². The van der Waals surface area contributed by atoms with E-state index < -0.39 is 0 Å². The number of likely N-dealkylation sites (tertiary alicyclic amines) is 2. The van der Waals surface area contributed by atoms with Gasteiger partial charge in [0.05, 0.1) is 6.54 Å². The van der Waals surface area contributed by atoms with Gasteiger partial charge in [-0.2, -0.15) is 0 Å². The lowest BCUT2D eigenvalue weighted by Crippen LogP contribution is -2.47. The summed E-state index contributed by atoms with van der Waals surface area (Å²) in [6, 6.07) is 3.91. The number of furan rings is 1. The fourth-order valence-electron chi connectivity index (χ4n) is 4.81. The van der Waals surface area contributed by atoms with E-state index in [0.29, 0.717) is 11.2 Å². The molecule has 1 atom stereocenters. The van der Waals surface area contributed by atoms with E-state index in [4.69, 9.17) is 9.52 Å². The van der Waals surface area contributed by atoms with Crippen LogP contribution in [0.25, 0.3) is 0 Å². The van der Waals surface area contributed by atoms with Crippen LogP contribution in [0.15, 0.2) is 16.5 Å². The molecule has 128 valence electrons. The largest absolute Gasteiger partial charge is 0.462 e. The van der Waals surface area contributed by atoms with Crippen molar-refractivity contribution in [1.29, 1.82) is 0 Å². The lowest BCUT2D eigenvalue weighted by Gasteiger charge is -2.43. The summed E-state index contributed by atoms with van der Waals surface area (Å²) in [5.74, 6) is 2.66. The quantitative estimate of drug-likeness (QED) is 0.906. The minimum atomic E-state index is 0.0000637. The fourth-order valence-corrected chi connectivity index (χ4v) is 4.81. The van der Waals surface area contributed by atoms with Gasteiger partial charge in [-0.15, -0.1) is 0 Å². The third kappa shape index (κ3) is 3.49. The molecule has 1 aliphatic carbocycles. The van der Waals surface area contributed by atoms with Gasteiger partial charge < -0.3 is 14.4 Å². The standard InChI is InChI=1S/C19H30N2O2/c22-13-18-6-5-17(23-18)12-21-10-8-19(15-21)7-2-9-20(14-19)11-16-3-1-4-16/h5-6,16,22H,1-4,7-15H2. The smallest absolute Gasteiger partial charge is 0.129 e. The number of hydrogen-bond donors (Lipinski definition) is 1. The van der Waals surface area contributed by atoms with Crippen LogP contribution in [0.4, 0.5) is 0 Å². The second kappa shape index (κ2) is 6.58. The molecule has 2 saturated heterocycles. The van der Waals surface area contributed by atoms with Gasteiger partial charge in [0.2, 0.25) is 0 Å². The predicted octanol–water partition coefficient (Wildman–Crippen LogP) is 2.86. The predicted molar refractivity (Wildman–Crippen MR) is 90.0 cm³/mol. The number of aliphatic hydroxyl groups excluding tert-OH is 1. The monoisotopic (exact) mass is 318 g/mol. The summed E-state index contributed by atoms with van der Waals surface area (Å²) in [6.45, 7) is 7.26. The first-order valence-electron chi connectivity index (χ1n) is 9.38. The molecule has 4 heteroatoms. The van der Waals surface area contributed by atoms with Crippen molar-refractivity contribution in [2.24, 2.45) is 11.3 Å². The van der Waals surface area contributed by atoms with Crippen molar-refractivity contribution < 1.29 is 9.52 Å². The molecule has 1 saturated carbocycles. The van der Waals surface area contributed by atoms with Crippen molar-refractivity contribution in [3.05, 3.63) is 23.7 Å². The van der Waals surface area contributed by atoms with Crippen LogP contribution in [-0.2, 0) is 13.2 Å². The molecular weight excluding hydrogens is 288 g/mol. The molecule has 4 rings (SSSR count). The molecule has 2 aliphatic heterocycles. The van der Waals surface area contributed by atoms with E-state index in [9.17, 15) is 0 Å². The molecule has 1 aromatic rings. The molecule has 0 bridgehead atoms. The Morgan fingerprint density at radius 3 is 2.61 bits per heavy atom. The van der Waals surface area contributed by atoms with Crippen LogP contribution >= 0.6 is 0 Å². The molecule has 0 amide bonds. The third-order valence-electron chi connectivity index (χ3n) is 6.25. The van der Waals surface area contributed by atoms with Crippen LogP contribution < -0.4 is 0 Å². The molecule has 23 heavy (non-hydrogen) atoms. The molecule has 0 aromatic carbocycles. The lowest BCUT2D eigenvalue weighted by molar-refractivity contribution is 0.0662. The zero-order valence-electron chi connectivity index (χ0n) is 14.2. The van der Waals surface area contributed by atoms with Gasteiger partial charge in [0.25, 0.3) is 0 Å². The van der Waals surface area contributed by atoms with E-state index in [1.165, 1.54) is 71.2 Å². The van der Waals surface area contributed by atoms with Crippen LogP contribution in [0.5, 0.6) is 0 Å². The van der Waals surface area contributed by atoms with E-state index >= 15 is 0 Å². The molecular formula is C19H30N2O2. The van der Waals surface area contributed by atoms with Gasteiger partial charge in [0.1, 0.15) is 18.1 Å². The number of nitrogens with zero attached hydrogens (tertiary/aromatic N) is 2. The zero-order chi connectivity index (χ0) is 15.7. The Morgan fingerprint density at radius 1 is 1.04 bits per heavy atom. The lowest BCUT2D eigenvalue weighted by atomic mass is 9.78. The minimum absolute atomic E-state index is 0.0000637. The molecule has 3 fully saturated rings. The van der Waals surface area contributed by atoms with Crippen molar-refractivity contribution >= 4 is 0 Å². The van der Waals surface area contributed by atoms with Gasteiger partial charge in [-0.05, 0) is 68.7 Å². The Bertz CT molecular complexity index is 525. The summed E-state index contributed by atoms with van der Waals surface area (Å²) in [4.78, 5) is 5.31. The second-order valence-electron chi connectivity index (χ2n) is 8.12. The average molecular weight is 318 g/mol. The van der Waals surface area contributed by atoms with Gasteiger partial charge in [-0.25, -0.2) is 0 Å². The Kier molecular flexibility index (Phi) is 4.48. The summed E-state index contributed by atoms with van der Waals surface area (Å²) in [6.07, 6.45) is 8.47.